The van der Waals surface area contributed by atoms with Crippen LogP contribution in [-0.2, 0) is 0 Å². The Bertz CT molecular complexity index is 988. The molecule has 2 atom stereocenters. The van der Waals surface area contributed by atoms with Crippen molar-refractivity contribution in [1.29, 1.82) is 0 Å². The van der Waals surface area contributed by atoms with E-state index in [1.165, 1.54) is 0 Å². The van der Waals surface area contributed by atoms with Crippen LogP contribution in [0.5, 0.6) is 5.75 Å². The zero-order valence-electron chi connectivity index (χ0n) is 14.9. The highest BCUT2D eigenvalue weighted by molar-refractivity contribution is 5.82. The van der Waals surface area contributed by atoms with Gasteiger partial charge < -0.3 is 14.3 Å². The minimum Gasteiger partial charge on any atom is -0.490 e. The summed E-state index contributed by atoms with van der Waals surface area (Å²) in [5, 5.41) is 11.0. The molecule has 1 aromatic heterocycles. The van der Waals surface area contributed by atoms with E-state index in [-0.39, 0.29) is 23.2 Å². The van der Waals surface area contributed by atoms with Crippen LogP contribution in [0.15, 0.2) is 63.8 Å². The first-order valence-electron chi connectivity index (χ1n) is 8.93. The third kappa shape index (κ3) is 2.90. The normalized spacial score (nSPS) is 21.8. The van der Waals surface area contributed by atoms with Crippen molar-refractivity contribution in [3.8, 4) is 16.9 Å². The maximum atomic E-state index is 12.4. The van der Waals surface area contributed by atoms with Crippen molar-refractivity contribution >= 4 is 11.0 Å². The van der Waals surface area contributed by atoms with E-state index in [9.17, 15) is 9.90 Å². The minimum atomic E-state index is -0.363. The molecule has 1 saturated carbocycles. The SMILES string of the molecule is CC1(C)C(O)CCC1Oc1ccc2cc(-c3ccccc3)c(=O)oc2c1. The predicted octanol–water partition coefficient (Wildman–Crippen LogP) is 4.39. The highest BCUT2D eigenvalue weighted by Crippen LogP contribution is 2.40. The molecule has 1 heterocycles. The van der Waals surface area contributed by atoms with Crippen LogP contribution in [0.4, 0.5) is 0 Å². The average Bonchev–Trinajstić information content (AvgIpc) is 2.88. The van der Waals surface area contributed by atoms with Crippen LogP contribution in [0.1, 0.15) is 26.7 Å². The van der Waals surface area contributed by atoms with Gasteiger partial charge in [-0.1, -0.05) is 44.2 Å². The standard InChI is InChI=1S/C22H22O4/c1-22(2)19(23)10-11-20(22)25-16-9-8-15-12-17(14-6-4-3-5-7-14)21(24)26-18(15)13-16/h3-9,12-13,19-20,23H,10-11H2,1-2H3. The summed E-state index contributed by atoms with van der Waals surface area (Å²) in [6.07, 6.45) is 1.12. The summed E-state index contributed by atoms with van der Waals surface area (Å²) in [7, 11) is 0. The van der Waals surface area contributed by atoms with Gasteiger partial charge in [-0.15, -0.1) is 0 Å². The lowest BCUT2D eigenvalue weighted by Crippen LogP contribution is -2.36. The zero-order valence-corrected chi connectivity index (χ0v) is 14.9. The monoisotopic (exact) mass is 350 g/mol. The number of benzene rings is 2. The molecular weight excluding hydrogens is 328 g/mol. The fourth-order valence-corrected chi connectivity index (χ4v) is 3.63. The molecule has 1 fully saturated rings. The quantitative estimate of drug-likeness (QED) is 0.712. The van der Waals surface area contributed by atoms with E-state index in [0.717, 1.165) is 23.8 Å². The maximum absolute atomic E-state index is 12.4. The second-order valence-corrected chi connectivity index (χ2v) is 7.53. The summed E-state index contributed by atoms with van der Waals surface area (Å²) in [6.45, 7) is 4.03. The molecular formula is C22H22O4. The van der Waals surface area contributed by atoms with Crippen molar-refractivity contribution < 1.29 is 14.3 Å². The van der Waals surface area contributed by atoms with E-state index in [1.54, 1.807) is 6.07 Å². The van der Waals surface area contributed by atoms with Crippen molar-refractivity contribution in [2.24, 2.45) is 5.41 Å². The number of ether oxygens (including phenoxy) is 1. The first-order chi connectivity index (χ1) is 12.4. The molecule has 0 spiro atoms. The number of aliphatic hydroxyl groups is 1. The van der Waals surface area contributed by atoms with E-state index in [4.69, 9.17) is 9.15 Å². The molecule has 0 amide bonds. The molecule has 0 bridgehead atoms. The molecule has 4 nitrogen and oxygen atoms in total. The molecule has 0 radical (unpaired) electrons. The van der Waals surface area contributed by atoms with Crippen LogP contribution in [0.2, 0.25) is 0 Å². The number of hydrogen-bond donors (Lipinski definition) is 1. The molecule has 4 rings (SSSR count). The largest absolute Gasteiger partial charge is 0.490 e. The Balaban J connectivity index is 1.67. The van der Waals surface area contributed by atoms with Crippen LogP contribution in [0.25, 0.3) is 22.1 Å². The smallest absolute Gasteiger partial charge is 0.344 e. The van der Waals surface area contributed by atoms with Crippen LogP contribution >= 0.6 is 0 Å². The highest BCUT2D eigenvalue weighted by atomic mass is 16.5. The van der Waals surface area contributed by atoms with Crippen molar-refractivity contribution in [3.05, 3.63) is 65.0 Å². The molecule has 26 heavy (non-hydrogen) atoms. The molecule has 1 N–H and O–H groups in total. The van der Waals surface area contributed by atoms with Gasteiger partial charge in [0.25, 0.3) is 0 Å². The molecule has 3 aromatic rings. The van der Waals surface area contributed by atoms with Crippen molar-refractivity contribution in [3.63, 3.8) is 0 Å². The van der Waals surface area contributed by atoms with Gasteiger partial charge in [0.1, 0.15) is 17.4 Å². The second-order valence-electron chi connectivity index (χ2n) is 7.53. The van der Waals surface area contributed by atoms with E-state index < -0.39 is 0 Å². The number of hydrogen-bond acceptors (Lipinski definition) is 4. The molecule has 1 aliphatic carbocycles. The highest BCUT2D eigenvalue weighted by Gasteiger charge is 2.43. The molecule has 4 heteroatoms. The van der Waals surface area contributed by atoms with Crippen molar-refractivity contribution in [2.75, 3.05) is 0 Å². The first-order valence-corrected chi connectivity index (χ1v) is 8.93. The number of aliphatic hydroxyl groups excluding tert-OH is 1. The molecule has 2 unspecified atom stereocenters. The van der Waals surface area contributed by atoms with Gasteiger partial charge in [-0.25, -0.2) is 4.79 Å². The van der Waals surface area contributed by atoms with Gasteiger partial charge in [-0.3, -0.25) is 0 Å². The summed E-state index contributed by atoms with van der Waals surface area (Å²) in [6, 6.07) is 16.9. The van der Waals surface area contributed by atoms with Gasteiger partial charge in [0.05, 0.1) is 11.7 Å². The van der Waals surface area contributed by atoms with Gasteiger partial charge in [-0.05, 0) is 36.6 Å². The van der Waals surface area contributed by atoms with Gasteiger partial charge in [-0.2, -0.15) is 0 Å². The summed E-state index contributed by atoms with van der Waals surface area (Å²) in [4.78, 5) is 12.4. The Labute approximate surface area is 152 Å². The third-order valence-corrected chi connectivity index (χ3v) is 5.46. The predicted molar refractivity (Wildman–Crippen MR) is 101 cm³/mol. The summed E-state index contributed by atoms with van der Waals surface area (Å²) >= 11 is 0. The lowest BCUT2D eigenvalue weighted by atomic mass is 9.87. The lowest BCUT2D eigenvalue weighted by molar-refractivity contribution is 0.0154. The van der Waals surface area contributed by atoms with Crippen LogP contribution < -0.4 is 10.4 Å². The van der Waals surface area contributed by atoms with Crippen LogP contribution in [-0.4, -0.2) is 17.3 Å². The zero-order chi connectivity index (χ0) is 18.3. The summed E-state index contributed by atoms with van der Waals surface area (Å²) in [5.74, 6) is 0.653. The van der Waals surface area contributed by atoms with E-state index >= 15 is 0 Å². The van der Waals surface area contributed by atoms with Crippen molar-refractivity contribution in [2.45, 2.75) is 38.9 Å². The van der Waals surface area contributed by atoms with E-state index in [0.29, 0.717) is 16.9 Å². The molecule has 2 aromatic carbocycles. The van der Waals surface area contributed by atoms with Crippen molar-refractivity contribution in [1.82, 2.24) is 0 Å². The van der Waals surface area contributed by atoms with Gasteiger partial charge in [0.15, 0.2) is 0 Å². The molecule has 0 saturated heterocycles. The Kier molecular flexibility index (Phi) is 4.08. The Hall–Kier alpha value is -2.59. The topological polar surface area (TPSA) is 59.7 Å². The Morgan fingerprint density at radius 3 is 2.54 bits per heavy atom. The minimum absolute atomic E-state index is 0.0646. The van der Waals surface area contributed by atoms with Gasteiger partial charge >= 0.3 is 5.63 Å². The fraction of sp³-hybridized carbons (Fsp3) is 0.318. The van der Waals surface area contributed by atoms with E-state index in [1.807, 2.05) is 62.4 Å². The Morgan fingerprint density at radius 1 is 1.08 bits per heavy atom. The Morgan fingerprint density at radius 2 is 1.85 bits per heavy atom. The molecule has 1 aliphatic rings. The third-order valence-electron chi connectivity index (χ3n) is 5.46. The average molecular weight is 350 g/mol. The van der Waals surface area contributed by atoms with Crippen LogP contribution in [0, 0.1) is 5.41 Å². The number of fused-ring (bicyclic) bond motifs is 1. The van der Waals surface area contributed by atoms with Gasteiger partial charge in [0, 0.05) is 16.9 Å². The first kappa shape index (κ1) is 16.9. The molecule has 0 aliphatic heterocycles. The lowest BCUT2D eigenvalue weighted by Gasteiger charge is -2.30. The van der Waals surface area contributed by atoms with Crippen LogP contribution in [0.3, 0.4) is 0 Å². The van der Waals surface area contributed by atoms with Gasteiger partial charge in [0.2, 0.25) is 0 Å². The molecule has 134 valence electrons. The fourth-order valence-electron chi connectivity index (χ4n) is 3.63. The number of rotatable bonds is 3. The van der Waals surface area contributed by atoms with E-state index in [2.05, 4.69) is 0 Å². The summed E-state index contributed by atoms with van der Waals surface area (Å²) in [5.41, 5.74) is 1.23. The second kappa shape index (κ2) is 6.29. The maximum Gasteiger partial charge on any atom is 0.344 e. The summed E-state index contributed by atoms with van der Waals surface area (Å²) < 4.78 is 11.6.